The molecule has 0 aliphatic heterocycles. The van der Waals surface area contributed by atoms with Gasteiger partial charge in [0.1, 0.15) is 11.5 Å². The minimum atomic E-state index is 0.281. The molecule has 0 radical (unpaired) electrons. The van der Waals surface area contributed by atoms with Gasteiger partial charge in [0.15, 0.2) is 0 Å². The van der Waals surface area contributed by atoms with Crippen LogP contribution in [0.5, 0.6) is 11.5 Å². The summed E-state index contributed by atoms with van der Waals surface area (Å²) < 4.78 is 0. The van der Waals surface area contributed by atoms with E-state index in [0.717, 1.165) is 27.8 Å². The van der Waals surface area contributed by atoms with Gasteiger partial charge < -0.3 is 10.2 Å². The van der Waals surface area contributed by atoms with Crippen LogP contribution in [0.25, 0.3) is 12.2 Å². The summed E-state index contributed by atoms with van der Waals surface area (Å²) in [4.78, 5) is 0. The molecule has 2 nitrogen and oxygen atoms in total. The summed E-state index contributed by atoms with van der Waals surface area (Å²) in [7, 11) is 0. The van der Waals surface area contributed by atoms with Gasteiger partial charge in [-0.05, 0) is 61.2 Å². The highest BCUT2D eigenvalue weighted by molar-refractivity contribution is 5.74. The summed E-state index contributed by atoms with van der Waals surface area (Å²) in [5.74, 6) is 0.624. The van der Waals surface area contributed by atoms with Crippen LogP contribution >= 0.6 is 0 Å². The first-order chi connectivity index (χ1) is 8.99. The molecule has 0 aromatic heterocycles. The molecule has 2 N–H and O–H groups in total. The van der Waals surface area contributed by atoms with E-state index in [1.807, 2.05) is 57.2 Å². The second-order valence-corrected chi connectivity index (χ2v) is 4.84. The zero-order valence-electron chi connectivity index (χ0n) is 11.4. The quantitative estimate of drug-likeness (QED) is 0.789. The molecule has 0 aliphatic carbocycles. The Balaban J connectivity index is 2.38. The molecule has 2 rings (SSSR count). The highest BCUT2D eigenvalue weighted by Crippen LogP contribution is 2.26. The Hall–Kier alpha value is -2.22. The number of aromatic hydroxyl groups is 2. The maximum Gasteiger partial charge on any atom is 0.123 e. The number of benzene rings is 2. The molecule has 2 heteroatoms. The van der Waals surface area contributed by atoms with Crippen molar-refractivity contribution < 1.29 is 10.2 Å². The molecule has 0 spiro atoms. The monoisotopic (exact) mass is 254 g/mol. The van der Waals surface area contributed by atoms with Crippen LogP contribution in [0.1, 0.15) is 27.8 Å². The maximum atomic E-state index is 9.83. The molecule has 0 unspecified atom stereocenters. The topological polar surface area (TPSA) is 40.5 Å². The Kier molecular flexibility index (Phi) is 3.61. The fraction of sp³-hybridized carbons (Fsp3) is 0.176. The van der Waals surface area contributed by atoms with Gasteiger partial charge in [-0.3, -0.25) is 0 Å². The van der Waals surface area contributed by atoms with Crippen molar-refractivity contribution in [1.82, 2.24) is 0 Å². The second-order valence-electron chi connectivity index (χ2n) is 4.84. The third-order valence-corrected chi connectivity index (χ3v) is 3.26. The van der Waals surface area contributed by atoms with E-state index in [2.05, 4.69) is 0 Å². The van der Waals surface area contributed by atoms with Crippen molar-refractivity contribution in [3.63, 3.8) is 0 Å². The van der Waals surface area contributed by atoms with Crippen LogP contribution in [0.2, 0.25) is 0 Å². The van der Waals surface area contributed by atoms with Gasteiger partial charge in [0.2, 0.25) is 0 Å². The Labute approximate surface area is 113 Å². The summed E-state index contributed by atoms with van der Waals surface area (Å²) in [5.41, 5.74) is 4.58. The van der Waals surface area contributed by atoms with Crippen molar-refractivity contribution in [3.8, 4) is 11.5 Å². The summed E-state index contributed by atoms with van der Waals surface area (Å²) in [5, 5.41) is 19.6. The van der Waals surface area contributed by atoms with Gasteiger partial charge in [-0.1, -0.05) is 24.3 Å². The molecule has 0 saturated carbocycles. The average molecular weight is 254 g/mol. The molecule has 19 heavy (non-hydrogen) atoms. The maximum absolute atomic E-state index is 9.83. The molecule has 98 valence electrons. The van der Waals surface area contributed by atoms with E-state index in [0.29, 0.717) is 5.75 Å². The minimum Gasteiger partial charge on any atom is -0.507 e. The van der Waals surface area contributed by atoms with Crippen LogP contribution in [-0.4, -0.2) is 10.2 Å². The standard InChI is InChI=1S/C17H18O2/c1-11-5-4-6-16(18)15(11)8-7-14-9-12(2)17(19)13(3)10-14/h4-10,18-19H,1-3H3. The summed E-state index contributed by atoms with van der Waals surface area (Å²) in [6.07, 6.45) is 3.84. The Morgan fingerprint density at radius 2 is 1.47 bits per heavy atom. The number of phenolic OH excluding ortho intramolecular Hbond substituents is 2. The third-order valence-electron chi connectivity index (χ3n) is 3.26. The second kappa shape index (κ2) is 5.19. The fourth-order valence-electron chi connectivity index (χ4n) is 2.15. The van der Waals surface area contributed by atoms with Gasteiger partial charge in [-0.15, -0.1) is 0 Å². The molecule has 0 saturated heterocycles. The first kappa shape index (κ1) is 13.2. The third kappa shape index (κ3) is 2.79. The van der Waals surface area contributed by atoms with Crippen molar-refractivity contribution >= 4 is 12.2 Å². The van der Waals surface area contributed by atoms with Crippen LogP contribution in [0.4, 0.5) is 0 Å². The lowest BCUT2D eigenvalue weighted by atomic mass is 10.0. The predicted molar refractivity (Wildman–Crippen MR) is 79.4 cm³/mol. The number of hydrogen-bond acceptors (Lipinski definition) is 2. The largest absolute Gasteiger partial charge is 0.507 e. The summed E-state index contributed by atoms with van der Waals surface area (Å²) in [6, 6.07) is 9.33. The smallest absolute Gasteiger partial charge is 0.123 e. The van der Waals surface area contributed by atoms with Gasteiger partial charge in [0.05, 0.1) is 0 Å². The highest BCUT2D eigenvalue weighted by atomic mass is 16.3. The van der Waals surface area contributed by atoms with Gasteiger partial charge in [-0.25, -0.2) is 0 Å². The normalized spacial score (nSPS) is 11.1. The van der Waals surface area contributed by atoms with Crippen LogP contribution in [0.3, 0.4) is 0 Å². The lowest BCUT2D eigenvalue weighted by Gasteiger charge is -2.06. The van der Waals surface area contributed by atoms with Crippen molar-refractivity contribution in [2.24, 2.45) is 0 Å². The van der Waals surface area contributed by atoms with Crippen molar-refractivity contribution in [1.29, 1.82) is 0 Å². The van der Waals surface area contributed by atoms with E-state index in [9.17, 15) is 10.2 Å². The number of rotatable bonds is 2. The first-order valence-electron chi connectivity index (χ1n) is 6.26. The molecule has 0 atom stereocenters. The molecule has 2 aromatic carbocycles. The van der Waals surface area contributed by atoms with Gasteiger partial charge in [0.25, 0.3) is 0 Å². The molecule has 0 aliphatic rings. The van der Waals surface area contributed by atoms with Crippen LogP contribution in [-0.2, 0) is 0 Å². The van der Waals surface area contributed by atoms with E-state index in [-0.39, 0.29) is 5.75 Å². The summed E-state index contributed by atoms with van der Waals surface area (Å²) >= 11 is 0. The molecule has 0 amide bonds. The van der Waals surface area contributed by atoms with Crippen LogP contribution in [0.15, 0.2) is 30.3 Å². The van der Waals surface area contributed by atoms with Gasteiger partial charge in [-0.2, -0.15) is 0 Å². The molecule has 0 heterocycles. The van der Waals surface area contributed by atoms with E-state index < -0.39 is 0 Å². The average Bonchev–Trinajstić information content (AvgIpc) is 2.35. The lowest BCUT2D eigenvalue weighted by Crippen LogP contribution is -1.84. The number of hydrogen-bond donors (Lipinski definition) is 2. The van der Waals surface area contributed by atoms with Crippen molar-refractivity contribution in [2.75, 3.05) is 0 Å². The van der Waals surface area contributed by atoms with Crippen molar-refractivity contribution in [3.05, 3.63) is 58.1 Å². The van der Waals surface area contributed by atoms with Gasteiger partial charge >= 0.3 is 0 Å². The zero-order valence-corrected chi connectivity index (χ0v) is 11.4. The zero-order chi connectivity index (χ0) is 14.0. The Bertz CT molecular complexity index is 596. The molecule has 0 fully saturated rings. The lowest BCUT2D eigenvalue weighted by molar-refractivity contribution is 0.467. The number of aryl methyl sites for hydroxylation is 3. The first-order valence-corrected chi connectivity index (χ1v) is 6.26. The summed E-state index contributed by atoms with van der Waals surface area (Å²) in [6.45, 7) is 5.72. The van der Waals surface area contributed by atoms with Crippen LogP contribution < -0.4 is 0 Å². The van der Waals surface area contributed by atoms with Gasteiger partial charge in [0, 0.05) is 5.56 Å². The van der Waals surface area contributed by atoms with E-state index in [1.54, 1.807) is 6.07 Å². The molecular formula is C17H18O2. The molecule has 0 bridgehead atoms. The van der Waals surface area contributed by atoms with Crippen LogP contribution in [0, 0.1) is 20.8 Å². The SMILES string of the molecule is Cc1cc(C=Cc2c(C)cccc2O)cc(C)c1O. The van der Waals surface area contributed by atoms with E-state index >= 15 is 0 Å². The fourth-order valence-corrected chi connectivity index (χ4v) is 2.15. The number of phenols is 2. The highest BCUT2D eigenvalue weighted by Gasteiger charge is 2.03. The minimum absolute atomic E-state index is 0.281. The van der Waals surface area contributed by atoms with Crippen molar-refractivity contribution in [2.45, 2.75) is 20.8 Å². The Morgan fingerprint density at radius 3 is 2.05 bits per heavy atom. The predicted octanol–water partition coefficient (Wildman–Crippen LogP) is 4.19. The Morgan fingerprint density at radius 1 is 0.842 bits per heavy atom. The molecule has 2 aromatic rings. The molecular weight excluding hydrogens is 236 g/mol. The van der Waals surface area contributed by atoms with E-state index in [4.69, 9.17) is 0 Å². The van der Waals surface area contributed by atoms with E-state index in [1.165, 1.54) is 0 Å².